The Balaban J connectivity index is 1.98. The Morgan fingerprint density at radius 3 is 2.61 bits per heavy atom. The van der Waals surface area contributed by atoms with Crippen molar-refractivity contribution in [2.75, 3.05) is 25.7 Å². The van der Waals surface area contributed by atoms with Crippen LogP contribution in [0, 0.1) is 0 Å². The standard InChI is InChI=1S/C16H23NO5S/c1-16(9-10-23(19,20)11-16)17-14(18)8-7-12-5-4-6-13(21-2)15(12)22-3/h4-6H,7-11H2,1-3H3,(H,17,18)/t16-/m0/s1. The molecule has 1 aromatic rings. The third-order valence-electron chi connectivity index (χ3n) is 4.05. The number of carbonyl (C=O) groups is 1. The van der Waals surface area contributed by atoms with Gasteiger partial charge in [-0.1, -0.05) is 12.1 Å². The first-order chi connectivity index (χ1) is 10.8. The normalized spacial score (nSPS) is 22.6. The van der Waals surface area contributed by atoms with Crippen LogP contribution in [0.5, 0.6) is 11.5 Å². The molecule has 0 bridgehead atoms. The Morgan fingerprint density at radius 1 is 1.30 bits per heavy atom. The first kappa shape index (κ1) is 17.6. The molecule has 1 aliphatic heterocycles. The molecular formula is C16H23NO5S. The predicted molar refractivity (Wildman–Crippen MR) is 87.7 cm³/mol. The van der Waals surface area contributed by atoms with Crippen molar-refractivity contribution < 1.29 is 22.7 Å². The lowest BCUT2D eigenvalue weighted by Crippen LogP contribution is -2.47. The van der Waals surface area contributed by atoms with Gasteiger partial charge in [0.25, 0.3) is 0 Å². The summed E-state index contributed by atoms with van der Waals surface area (Å²) in [4.78, 5) is 12.2. The van der Waals surface area contributed by atoms with Crippen LogP contribution < -0.4 is 14.8 Å². The van der Waals surface area contributed by atoms with E-state index in [2.05, 4.69) is 5.32 Å². The number of benzene rings is 1. The monoisotopic (exact) mass is 341 g/mol. The zero-order chi connectivity index (χ0) is 17.1. The molecule has 1 saturated heterocycles. The van der Waals surface area contributed by atoms with Gasteiger partial charge in [-0.25, -0.2) is 8.42 Å². The molecular weight excluding hydrogens is 318 g/mol. The molecule has 1 aliphatic rings. The maximum Gasteiger partial charge on any atom is 0.220 e. The second kappa shape index (κ2) is 6.78. The number of rotatable bonds is 6. The second-order valence-electron chi connectivity index (χ2n) is 6.10. The van der Waals surface area contributed by atoms with E-state index in [4.69, 9.17) is 9.47 Å². The van der Waals surface area contributed by atoms with Gasteiger partial charge in [-0.15, -0.1) is 0 Å². The molecule has 1 atom stereocenters. The van der Waals surface area contributed by atoms with Crippen LogP contribution in [0.3, 0.4) is 0 Å². The van der Waals surface area contributed by atoms with Gasteiger partial charge >= 0.3 is 0 Å². The maximum atomic E-state index is 12.2. The molecule has 23 heavy (non-hydrogen) atoms. The third-order valence-corrected chi connectivity index (χ3v) is 5.95. The third kappa shape index (κ3) is 4.37. The van der Waals surface area contributed by atoms with Crippen LogP contribution in [0.2, 0.25) is 0 Å². The molecule has 1 aromatic carbocycles. The Morgan fingerprint density at radius 2 is 2.04 bits per heavy atom. The van der Waals surface area contributed by atoms with Gasteiger partial charge in [0.15, 0.2) is 21.3 Å². The number of nitrogens with one attached hydrogen (secondary N) is 1. The molecule has 0 spiro atoms. The van der Waals surface area contributed by atoms with Crippen molar-refractivity contribution in [3.8, 4) is 11.5 Å². The maximum absolute atomic E-state index is 12.2. The molecule has 1 fully saturated rings. The summed E-state index contributed by atoms with van der Waals surface area (Å²) in [6.45, 7) is 1.78. The number of aryl methyl sites for hydroxylation is 1. The van der Waals surface area contributed by atoms with E-state index in [0.29, 0.717) is 24.3 Å². The molecule has 7 heteroatoms. The van der Waals surface area contributed by atoms with E-state index in [-0.39, 0.29) is 23.8 Å². The fourth-order valence-electron chi connectivity index (χ4n) is 2.91. The molecule has 1 amide bonds. The topological polar surface area (TPSA) is 81.7 Å². The smallest absolute Gasteiger partial charge is 0.220 e. The fraction of sp³-hybridized carbons (Fsp3) is 0.562. The number of para-hydroxylation sites is 1. The van der Waals surface area contributed by atoms with Gasteiger partial charge in [0, 0.05) is 6.42 Å². The van der Waals surface area contributed by atoms with Crippen LogP contribution in [0.4, 0.5) is 0 Å². The summed E-state index contributed by atoms with van der Waals surface area (Å²) < 4.78 is 33.7. The van der Waals surface area contributed by atoms with Gasteiger partial charge in [-0.05, 0) is 31.4 Å². The number of hydrogen-bond donors (Lipinski definition) is 1. The summed E-state index contributed by atoms with van der Waals surface area (Å²) in [7, 11) is 0.0890. The highest BCUT2D eigenvalue weighted by molar-refractivity contribution is 7.91. The Hall–Kier alpha value is -1.76. The second-order valence-corrected chi connectivity index (χ2v) is 8.29. The van der Waals surface area contributed by atoms with Crippen LogP contribution in [0.15, 0.2) is 18.2 Å². The van der Waals surface area contributed by atoms with Crippen molar-refractivity contribution in [1.82, 2.24) is 5.32 Å². The van der Waals surface area contributed by atoms with E-state index < -0.39 is 15.4 Å². The summed E-state index contributed by atoms with van der Waals surface area (Å²) in [6.07, 6.45) is 1.22. The molecule has 0 saturated carbocycles. The summed E-state index contributed by atoms with van der Waals surface area (Å²) in [6, 6.07) is 5.53. The fourth-order valence-corrected chi connectivity index (χ4v) is 5.00. The van der Waals surface area contributed by atoms with Crippen LogP contribution in [0.25, 0.3) is 0 Å². The highest BCUT2D eigenvalue weighted by Crippen LogP contribution is 2.31. The molecule has 1 heterocycles. The average Bonchev–Trinajstić information content (AvgIpc) is 2.77. The van der Waals surface area contributed by atoms with Gasteiger partial charge < -0.3 is 14.8 Å². The van der Waals surface area contributed by atoms with Crippen LogP contribution in [0.1, 0.15) is 25.3 Å². The molecule has 128 valence electrons. The highest BCUT2D eigenvalue weighted by atomic mass is 32.2. The zero-order valence-electron chi connectivity index (χ0n) is 13.7. The van der Waals surface area contributed by atoms with Gasteiger partial charge in [-0.3, -0.25) is 4.79 Å². The van der Waals surface area contributed by atoms with Crippen LogP contribution in [-0.4, -0.2) is 45.6 Å². The lowest BCUT2D eigenvalue weighted by molar-refractivity contribution is -0.122. The molecule has 1 N–H and O–H groups in total. The Kier molecular flexibility index (Phi) is 5.19. The summed E-state index contributed by atoms with van der Waals surface area (Å²) in [5.41, 5.74) is 0.222. The molecule has 0 aliphatic carbocycles. The summed E-state index contributed by atoms with van der Waals surface area (Å²) >= 11 is 0. The molecule has 0 aromatic heterocycles. The minimum absolute atomic E-state index is 0.00816. The minimum Gasteiger partial charge on any atom is -0.493 e. The van der Waals surface area contributed by atoms with Crippen molar-refractivity contribution in [1.29, 1.82) is 0 Å². The number of hydrogen-bond acceptors (Lipinski definition) is 5. The molecule has 0 unspecified atom stereocenters. The number of amides is 1. The van der Waals surface area contributed by atoms with E-state index in [9.17, 15) is 13.2 Å². The van der Waals surface area contributed by atoms with Gasteiger partial charge in [0.2, 0.25) is 5.91 Å². The van der Waals surface area contributed by atoms with Crippen molar-refractivity contribution >= 4 is 15.7 Å². The van der Waals surface area contributed by atoms with Crippen molar-refractivity contribution in [2.45, 2.75) is 31.7 Å². The van der Waals surface area contributed by atoms with Gasteiger partial charge in [0.1, 0.15) is 0 Å². The van der Waals surface area contributed by atoms with Crippen molar-refractivity contribution in [3.05, 3.63) is 23.8 Å². The lowest BCUT2D eigenvalue weighted by atomic mass is 10.0. The number of sulfone groups is 1. The van der Waals surface area contributed by atoms with E-state index in [0.717, 1.165) is 5.56 Å². The molecule has 0 radical (unpaired) electrons. The lowest BCUT2D eigenvalue weighted by Gasteiger charge is -2.24. The Bertz CT molecular complexity index is 686. The van der Waals surface area contributed by atoms with E-state index >= 15 is 0 Å². The SMILES string of the molecule is COc1cccc(CCC(=O)N[C@@]2(C)CCS(=O)(=O)C2)c1OC. The highest BCUT2D eigenvalue weighted by Gasteiger charge is 2.39. The van der Waals surface area contributed by atoms with E-state index in [1.54, 1.807) is 27.2 Å². The van der Waals surface area contributed by atoms with Gasteiger partial charge in [-0.2, -0.15) is 0 Å². The quantitative estimate of drug-likeness (QED) is 0.844. The minimum atomic E-state index is -3.04. The predicted octanol–water partition coefficient (Wildman–Crippen LogP) is 1.33. The first-order valence-electron chi connectivity index (χ1n) is 7.50. The average molecular weight is 341 g/mol. The van der Waals surface area contributed by atoms with E-state index in [1.165, 1.54) is 0 Å². The first-order valence-corrected chi connectivity index (χ1v) is 9.32. The van der Waals surface area contributed by atoms with Crippen molar-refractivity contribution in [2.24, 2.45) is 0 Å². The summed E-state index contributed by atoms with van der Waals surface area (Å²) in [5.74, 6) is 1.23. The Labute approximate surface area is 137 Å². The zero-order valence-corrected chi connectivity index (χ0v) is 14.5. The van der Waals surface area contributed by atoms with Gasteiger partial charge in [0.05, 0.1) is 31.3 Å². The van der Waals surface area contributed by atoms with Crippen LogP contribution >= 0.6 is 0 Å². The summed E-state index contributed by atoms with van der Waals surface area (Å²) in [5, 5.41) is 2.86. The van der Waals surface area contributed by atoms with E-state index in [1.807, 2.05) is 12.1 Å². The number of methoxy groups -OCH3 is 2. The van der Waals surface area contributed by atoms with Crippen molar-refractivity contribution in [3.63, 3.8) is 0 Å². The van der Waals surface area contributed by atoms with Crippen LogP contribution in [-0.2, 0) is 21.1 Å². The molecule has 6 nitrogen and oxygen atoms in total. The molecule has 2 rings (SSSR count). The number of ether oxygens (including phenoxy) is 2. The number of carbonyl (C=O) groups excluding carboxylic acids is 1. The largest absolute Gasteiger partial charge is 0.493 e.